The molecule has 1 amide bonds. The summed E-state index contributed by atoms with van der Waals surface area (Å²) >= 11 is 0. The van der Waals surface area contributed by atoms with Gasteiger partial charge in [0.1, 0.15) is 5.60 Å². The first kappa shape index (κ1) is 27.2. The summed E-state index contributed by atoms with van der Waals surface area (Å²) in [5, 5.41) is 9.25. The summed E-state index contributed by atoms with van der Waals surface area (Å²) in [4.78, 5) is 21.3. The van der Waals surface area contributed by atoms with Gasteiger partial charge < -0.3 is 25.6 Å². The van der Waals surface area contributed by atoms with Crippen molar-refractivity contribution < 1.29 is 9.53 Å². The van der Waals surface area contributed by atoms with E-state index in [0.29, 0.717) is 19.1 Å². The molecule has 3 N–H and O–H groups in total. The number of halogens is 1. The van der Waals surface area contributed by atoms with E-state index in [4.69, 9.17) is 9.73 Å². The SMILES string of the molecule is CCNC(=NCC(C)N1CCN(CC)CC1)NCCNC(=O)OC(C)(C)C.I. The van der Waals surface area contributed by atoms with Crippen molar-refractivity contribution in [3.05, 3.63) is 0 Å². The molecule has 0 aliphatic carbocycles. The van der Waals surface area contributed by atoms with Crippen LogP contribution < -0.4 is 16.0 Å². The number of nitrogens with zero attached hydrogens (tertiary/aromatic N) is 3. The van der Waals surface area contributed by atoms with Crippen LogP contribution in [0.4, 0.5) is 4.79 Å². The Morgan fingerprint density at radius 2 is 1.68 bits per heavy atom. The summed E-state index contributed by atoms with van der Waals surface area (Å²) < 4.78 is 5.22. The van der Waals surface area contributed by atoms with Crippen LogP contribution in [0, 0.1) is 0 Å². The molecular formula is C19H41IN6O2. The number of hydrogen-bond donors (Lipinski definition) is 3. The Hall–Kier alpha value is -0.810. The Labute approximate surface area is 188 Å². The van der Waals surface area contributed by atoms with E-state index in [2.05, 4.69) is 39.6 Å². The number of piperazine rings is 1. The molecule has 1 aliphatic heterocycles. The highest BCUT2D eigenvalue weighted by Crippen LogP contribution is 2.07. The van der Waals surface area contributed by atoms with Crippen molar-refractivity contribution in [1.82, 2.24) is 25.8 Å². The lowest BCUT2D eigenvalue weighted by Gasteiger charge is -2.37. The van der Waals surface area contributed by atoms with Crippen molar-refractivity contribution in [2.45, 2.75) is 53.2 Å². The van der Waals surface area contributed by atoms with E-state index in [0.717, 1.165) is 51.8 Å². The minimum atomic E-state index is -0.480. The van der Waals surface area contributed by atoms with Crippen molar-refractivity contribution in [2.75, 3.05) is 58.9 Å². The number of guanidine groups is 1. The molecule has 0 radical (unpaired) electrons. The monoisotopic (exact) mass is 512 g/mol. The predicted octanol–water partition coefficient (Wildman–Crippen LogP) is 1.71. The van der Waals surface area contributed by atoms with Crippen LogP contribution in [-0.2, 0) is 4.74 Å². The van der Waals surface area contributed by atoms with Crippen molar-refractivity contribution in [2.24, 2.45) is 4.99 Å². The zero-order valence-corrected chi connectivity index (χ0v) is 20.8. The maximum Gasteiger partial charge on any atom is 0.407 e. The number of alkyl carbamates (subject to hydrolysis) is 1. The van der Waals surface area contributed by atoms with Gasteiger partial charge in [-0.15, -0.1) is 24.0 Å². The molecule has 28 heavy (non-hydrogen) atoms. The Bertz CT molecular complexity index is 462. The first-order valence-electron chi connectivity index (χ1n) is 10.2. The van der Waals surface area contributed by atoms with Crippen molar-refractivity contribution in [1.29, 1.82) is 0 Å². The second-order valence-corrected chi connectivity index (χ2v) is 7.89. The van der Waals surface area contributed by atoms with Crippen LogP contribution in [-0.4, -0.2) is 92.4 Å². The molecule has 0 aromatic carbocycles. The van der Waals surface area contributed by atoms with Gasteiger partial charge >= 0.3 is 6.09 Å². The lowest BCUT2D eigenvalue weighted by molar-refractivity contribution is 0.0529. The third-order valence-electron chi connectivity index (χ3n) is 4.42. The molecule has 0 spiro atoms. The molecule has 1 saturated heterocycles. The zero-order chi connectivity index (χ0) is 20.3. The highest BCUT2D eigenvalue weighted by molar-refractivity contribution is 14.0. The average molecular weight is 512 g/mol. The molecule has 1 fully saturated rings. The van der Waals surface area contributed by atoms with Gasteiger partial charge in [0, 0.05) is 51.9 Å². The number of carbonyl (C=O) groups excluding carboxylic acids is 1. The van der Waals surface area contributed by atoms with Crippen LogP contribution in [0.15, 0.2) is 4.99 Å². The Morgan fingerprint density at radius 1 is 1.07 bits per heavy atom. The van der Waals surface area contributed by atoms with Gasteiger partial charge in [-0.2, -0.15) is 0 Å². The lowest BCUT2D eigenvalue weighted by atomic mass is 10.2. The Balaban J connectivity index is 0.00000729. The van der Waals surface area contributed by atoms with Crippen LogP contribution in [0.3, 0.4) is 0 Å². The quantitative estimate of drug-likeness (QED) is 0.199. The molecule has 8 nitrogen and oxygen atoms in total. The fourth-order valence-corrected chi connectivity index (χ4v) is 2.86. The smallest absolute Gasteiger partial charge is 0.407 e. The van der Waals surface area contributed by atoms with Crippen LogP contribution in [0.25, 0.3) is 0 Å². The Morgan fingerprint density at radius 3 is 2.21 bits per heavy atom. The van der Waals surface area contributed by atoms with Crippen LogP contribution in [0.5, 0.6) is 0 Å². The molecule has 0 saturated carbocycles. The standard InChI is InChI=1S/C19H40N6O2.HI/c1-7-20-17(21-9-10-22-18(26)27-19(4,5)6)23-15-16(3)25-13-11-24(8-2)12-14-25;/h16H,7-15H2,1-6H3,(H,22,26)(H2,20,21,23);1H. The van der Waals surface area contributed by atoms with Crippen molar-refractivity contribution in [3.8, 4) is 0 Å². The predicted molar refractivity (Wildman–Crippen MR) is 127 cm³/mol. The van der Waals surface area contributed by atoms with Gasteiger partial charge in [0.15, 0.2) is 5.96 Å². The number of carbonyl (C=O) groups is 1. The van der Waals surface area contributed by atoms with E-state index >= 15 is 0 Å². The van der Waals surface area contributed by atoms with Crippen molar-refractivity contribution >= 4 is 36.0 Å². The van der Waals surface area contributed by atoms with Crippen molar-refractivity contribution in [3.63, 3.8) is 0 Å². The largest absolute Gasteiger partial charge is 0.444 e. The Kier molecular flexibility index (Phi) is 13.8. The maximum atomic E-state index is 11.6. The molecule has 1 heterocycles. The molecule has 1 rings (SSSR count). The molecule has 166 valence electrons. The summed E-state index contributed by atoms with van der Waals surface area (Å²) in [6.07, 6.45) is -0.397. The van der Waals surface area contributed by atoms with E-state index in [1.54, 1.807) is 0 Å². The van der Waals surface area contributed by atoms with Gasteiger partial charge in [-0.3, -0.25) is 9.89 Å². The third-order valence-corrected chi connectivity index (χ3v) is 4.42. The molecular weight excluding hydrogens is 471 g/mol. The molecule has 0 aromatic rings. The van der Waals surface area contributed by atoms with E-state index in [1.807, 2.05) is 27.7 Å². The number of likely N-dealkylation sites (N-methyl/N-ethyl adjacent to an activating group) is 1. The number of nitrogens with one attached hydrogen (secondary N) is 3. The normalized spacial score (nSPS) is 17.4. The van der Waals surface area contributed by atoms with Gasteiger partial charge in [-0.05, 0) is 41.2 Å². The van der Waals surface area contributed by atoms with Gasteiger partial charge in [0.2, 0.25) is 0 Å². The minimum absolute atomic E-state index is 0. The number of rotatable bonds is 8. The van der Waals surface area contributed by atoms with Gasteiger partial charge in [0.05, 0.1) is 6.54 Å². The van der Waals surface area contributed by atoms with Gasteiger partial charge in [-0.25, -0.2) is 4.79 Å². The van der Waals surface area contributed by atoms with Crippen LogP contribution in [0.2, 0.25) is 0 Å². The maximum absolute atomic E-state index is 11.6. The molecule has 0 bridgehead atoms. The molecule has 1 aliphatic rings. The molecule has 9 heteroatoms. The summed E-state index contributed by atoms with van der Waals surface area (Å²) in [7, 11) is 0. The van der Waals surface area contributed by atoms with E-state index in [1.165, 1.54) is 0 Å². The van der Waals surface area contributed by atoms with E-state index in [-0.39, 0.29) is 24.0 Å². The minimum Gasteiger partial charge on any atom is -0.444 e. The summed E-state index contributed by atoms with van der Waals surface area (Å²) in [5.74, 6) is 0.780. The topological polar surface area (TPSA) is 81.2 Å². The van der Waals surface area contributed by atoms with Crippen LogP contribution in [0.1, 0.15) is 41.5 Å². The van der Waals surface area contributed by atoms with Gasteiger partial charge in [0.25, 0.3) is 0 Å². The van der Waals surface area contributed by atoms with Gasteiger partial charge in [-0.1, -0.05) is 6.92 Å². The number of ether oxygens (including phenoxy) is 1. The molecule has 1 atom stereocenters. The average Bonchev–Trinajstić information content (AvgIpc) is 2.61. The molecule has 0 aromatic heterocycles. The zero-order valence-electron chi connectivity index (χ0n) is 18.5. The first-order valence-corrected chi connectivity index (χ1v) is 10.2. The number of aliphatic imine (C=N–C) groups is 1. The summed E-state index contributed by atoms with van der Waals surface area (Å²) in [6, 6.07) is 0.416. The third kappa shape index (κ3) is 11.9. The van der Waals surface area contributed by atoms with Crippen LogP contribution >= 0.6 is 24.0 Å². The fraction of sp³-hybridized carbons (Fsp3) is 0.895. The number of amides is 1. The molecule has 1 unspecified atom stereocenters. The first-order chi connectivity index (χ1) is 12.7. The van der Waals surface area contributed by atoms with E-state index < -0.39 is 11.7 Å². The highest BCUT2D eigenvalue weighted by Gasteiger charge is 2.20. The fourth-order valence-electron chi connectivity index (χ4n) is 2.86. The highest BCUT2D eigenvalue weighted by atomic mass is 127. The lowest BCUT2D eigenvalue weighted by Crippen LogP contribution is -2.50. The second kappa shape index (κ2) is 14.2. The summed E-state index contributed by atoms with van der Waals surface area (Å²) in [6.45, 7) is 20.3. The van der Waals surface area contributed by atoms with E-state index in [9.17, 15) is 4.79 Å². The summed E-state index contributed by atoms with van der Waals surface area (Å²) in [5.41, 5.74) is -0.480. The second-order valence-electron chi connectivity index (χ2n) is 7.89. The number of hydrogen-bond acceptors (Lipinski definition) is 5.